The average molecular weight is 264 g/mol. The Labute approximate surface area is 90.2 Å². The zero-order valence-electron chi connectivity index (χ0n) is 8.30. The normalized spacial score (nSPS) is 12.2. The van der Waals surface area contributed by atoms with E-state index in [0.29, 0.717) is 0 Å². The molecule has 0 radical (unpaired) electrons. The lowest BCUT2D eigenvalue weighted by Gasteiger charge is -2.08. The van der Waals surface area contributed by atoms with E-state index < -0.39 is 34.7 Å². The number of hydrogen-bond acceptors (Lipinski definition) is 4. The first-order chi connectivity index (χ1) is 7.16. The molecule has 0 spiro atoms. The van der Waals surface area contributed by atoms with Gasteiger partial charge in [0.2, 0.25) is 10.0 Å². The van der Waals surface area contributed by atoms with Crippen LogP contribution in [0.5, 0.6) is 0 Å². The van der Waals surface area contributed by atoms with Crippen molar-refractivity contribution >= 4 is 16.1 Å². The molecule has 0 heterocycles. The molecule has 2 N–H and O–H groups in total. The maximum absolute atomic E-state index is 11.6. The third kappa shape index (κ3) is 8.29. The highest BCUT2D eigenvalue weighted by molar-refractivity contribution is 7.89. The minimum absolute atomic E-state index is 0.333. The Hall–Kier alpha value is -1.03. The number of amides is 1. The molecule has 0 saturated heterocycles. The van der Waals surface area contributed by atoms with E-state index >= 15 is 0 Å². The van der Waals surface area contributed by atoms with E-state index in [2.05, 4.69) is 4.74 Å². The molecule has 0 aromatic heterocycles. The van der Waals surface area contributed by atoms with Crippen LogP contribution in [-0.4, -0.2) is 46.6 Å². The van der Waals surface area contributed by atoms with Gasteiger partial charge in [0.05, 0.1) is 5.75 Å². The number of halogens is 3. The summed E-state index contributed by atoms with van der Waals surface area (Å²) in [6, 6.07) is 0. The summed E-state index contributed by atoms with van der Waals surface area (Å²) in [6.45, 7) is -2.04. The zero-order chi connectivity index (χ0) is 12.8. The van der Waals surface area contributed by atoms with Gasteiger partial charge in [-0.05, 0) is 7.05 Å². The molecule has 6 nitrogen and oxygen atoms in total. The monoisotopic (exact) mass is 264 g/mol. The maximum atomic E-state index is 11.6. The second kappa shape index (κ2) is 5.89. The summed E-state index contributed by atoms with van der Waals surface area (Å²) in [4.78, 5) is 10.6. The number of nitrogens with one attached hydrogen (secondary N) is 2. The number of rotatable bonds is 5. The summed E-state index contributed by atoms with van der Waals surface area (Å²) in [5.41, 5.74) is 0. The molecule has 0 aromatic rings. The Bertz CT molecular complexity index is 327. The molecular formula is C6H11F3N2O4S. The van der Waals surface area contributed by atoms with Gasteiger partial charge in [0.25, 0.3) is 0 Å². The summed E-state index contributed by atoms with van der Waals surface area (Å²) < 4.78 is 62.1. The van der Waals surface area contributed by atoms with Crippen molar-refractivity contribution in [2.24, 2.45) is 0 Å². The lowest BCUT2D eigenvalue weighted by Crippen LogP contribution is -2.34. The SMILES string of the molecule is CNS(=O)(=O)CCNC(=O)OCC(F)(F)F. The number of carbonyl (C=O) groups is 1. The number of hydrogen-bond donors (Lipinski definition) is 2. The standard InChI is InChI=1S/C6H11F3N2O4S/c1-10-16(13,14)3-2-11-5(12)15-4-6(7,8)9/h10H,2-4H2,1H3,(H,11,12). The van der Waals surface area contributed by atoms with Crippen LogP contribution in [0.15, 0.2) is 0 Å². The van der Waals surface area contributed by atoms with Gasteiger partial charge in [-0.2, -0.15) is 13.2 Å². The smallest absolute Gasteiger partial charge is 0.422 e. The molecule has 0 aromatic carbocycles. The van der Waals surface area contributed by atoms with Crippen LogP contribution in [0.3, 0.4) is 0 Å². The van der Waals surface area contributed by atoms with Gasteiger partial charge >= 0.3 is 12.3 Å². The fourth-order valence-corrected chi connectivity index (χ4v) is 1.16. The number of ether oxygens (including phenoxy) is 1. The fraction of sp³-hybridized carbons (Fsp3) is 0.833. The summed E-state index contributed by atoms with van der Waals surface area (Å²) in [5, 5.41) is 1.87. The molecule has 0 unspecified atom stereocenters. The number of carbonyl (C=O) groups excluding carboxylic acids is 1. The summed E-state index contributed by atoms with van der Waals surface area (Å²) in [7, 11) is -2.32. The van der Waals surface area contributed by atoms with E-state index in [0.717, 1.165) is 0 Å². The Morgan fingerprint density at radius 1 is 1.38 bits per heavy atom. The van der Waals surface area contributed by atoms with E-state index in [9.17, 15) is 26.4 Å². The molecule has 0 bridgehead atoms. The molecule has 0 saturated carbocycles. The molecule has 10 heteroatoms. The number of sulfonamides is 1. The second-order valence-corrected chi connectivity index (χ2v) is 4.69. The quantitative estimate of drug-likeness (QED) is 0.721. The molecule has 1 amide bonds. The second-order valence-electron chi connectivity index (χ2n) is 2.64. The lowest BCUT2D eigenvalue weighted by atomic mass is 10.7. The van der Waals surface area contributed by atoms with Crippen molar-refractivity contribution in [3.05, 3.63) is 0 Å². The van der Waals surface area contributed by atoms with E-state index in [-0.39, 0.29) is 6.54 Å². The largest absolute Gasteiger partial charge is 0.440 e. The molecule has 0 aliphatic heterocycles. The van der Waals surface area contributed by atoms with Crippen LogP contribution in [0.25, 0.3) is 0 Å². The van der Waals surface area contributed by atoms with Crippen LogP contribution in [-0.2, 0) is 14.8 Å². The molecule has 16 heavy (non-hydrogen) atoms. The molecular weight excluding hydrogens is 253 g/mol. The van der Waals surface area contributed by atoms with Crippen molar-refractivity contribution in [2.75, 3.05) is 26.0 Å². The van der Waals surface area contributed by atoms with Gasteiger partial charge in [0, 0.05) is 6.54 Å². The summed E-state index contributed by atoms with van der Waals surface area (Å²) >= 11 is 0. The van der Waals surface area contributed by atoms with Crippen molar-refractivity contribution in [3.63, 3.8) is 0 Å². The molecule has 0 aliphatic rings. The minimum atomic E-state index is -4.60. The highest BCUT2D eigenvalue weighted by atomic mass is 32.2. The molecule has 96 valence electrons. The van der Waals surface area contributed by atoms with Crippen LogP contribution in [0.2, 0.25) is 0 Å². The highest BCUT2D eigenvalue weighted by Crippen LogP contribution is 2.14. The van der Waals surface area contributed by atoms with Crippen molar-refractivity contribution in [2.45, 2.75) is 6.18 Å². The van der Waals surface area contributed by atoms with Gasteiger partial charge in [0.1, 0.15) is 0 Å². The van der Waals surface area contributed by atoms with Crippen LogP contribution in [0.4, 0.5) is 18.0 Å². The fourth-order valence-electron chi connectivity index (χ4n) is 0.588. The third-order valence-corrected chi connectivity index (χ3v) is 2.68. The van der Waals surface area contributed by atoms with E-state index in [1.54, 1.807) is 0 Å². The molecule has 0 atom stereocenters. The number of alkyl halides is 3. The minimum Gasteiger partial charge on any atom is -0.440 e. The van der Waals surface area contributed by atoms with Gasteiger partial charge in [-0.1, -0.05) is 0 Å². The highest BCUT2D eigenvalue weighted by Gasteiger charge is 2.29. The maximum Gasteiger partial charge on any atom is 0.422 e. The van der Waals surface area contributed by atoms with Gasteiger partial charge < -0.3 is 10.1 Å². The van der Waals surface area contributed by atoms with Gasteiger partial charge in [-0.15, -0.1) is 0 Å². The van der Waals surface area contributed by atoms with Crippen LogP contribution in [0.1, 0.15) is 0 Å². The first kappa shape index (κ1) is 15.0. The summed E-state index contributed by atoms with van der Waals surface area (Å²) in [5.74, 6) is -0.440. The predicted octanol–water partition coefficient (Wildman–Crippen LogP) is -0.176. The van der Waals surface area contributed by atoms with Crippen LogP contribution < -0.4 is 10.0 Å². The summed E-state index contributed by atoms with van der Waals surface area (Å²) in [6.07, 6.45) is -5.92. The molecule has 0 rings (SSSR count). The molecule has 0 aliphatic carbocycles. The third-order valence-electron chi connectivity index (χ3n) is 1.32. The number of alkyl carbamates (subject to hydrolysis) is 1. The topological polar surface area (TPSA) is 84.5 Å². The van der Waals surface area contributed by atoms with Crippen molar-refractivity contribution in [1.29, 1.82) is 0 Å². The van der Waals surface area contributed by atoms with Gasteiger partial charge in [-0.25, -0.2) is 17.9 Å². The zero-order valence-corrected chi connectivity index (χ0v) is 9.11. The Kier molecular flexibility index (Phi) is 5.51. The molecule has 0 fully saturated rings. The van der Waals surface area contributed by atoms with E-state index in [1.807, 2.05) is 10.0 Å². The van der Waals surface area contributed by atoms with Crippen molar-refractivity contribution < 1.29 is 31.1 Å². The predicted molar refractivity (Wildman–Crippen MR) is 48.3 cm³/mol. The van der Waals surface area contributed by atoms with Crippen molar-refractivity contribution in [1.82, 2.24) is 10.0 Å². The van der Waals surface area contributed by atoms with Gasteiger partial charge in [0.15, 0.2) is 6.61 Å². The van der Waals surface area contributed by atoms with Crippen LogP contribution in [0, 0.1) is 0 Å². The van der Waals surface area contributed by atoms with E-state index in [4.69, 9.17) is 0 Å². The van der Waals surface area contributed by atoms with Gasteiger partial charge in [-0.3, -0.25) is 0 Å². The Balaban J connectivity index is 3.76. The first-order valence-electron chi connectivity index (χ1n) is 4.05. The Morgan fingerprint density at radius 3 is 2.38 bits per heavy atom. The average Bonchev–Trinajstić information content (AvgIpc) is 2.13. The van der Waals surface area contributed by atoms with Crippen molar-refractivity contribution in [3.8, 4) is 0 Å². The van der Waals surface area contributed by atoms with E-state index in [1.165, 1.54) is 7.05 Å². The van der Waals surface area contributed by atoms with Crippen LogP contribution >= 0.6 is 0 Å². The lowest BCUT2D eigenvalue weighted by molar-refractivity contribution is -0.160. The first-order valence-corrected chi connectivity index (χ1v) is 5.70. The Morgan fingerprint density at radius 2 is 1.94 bits per heavy atom.